The highest BCUT2D eigenvalue weighted by molar-refractivity contribution is 9.10. The van der Waals surface area contributed by atoms with Gasteiger partial charge in [0, 0.05) is 22.5 Å². The lowest BCUT2D eigenvalue weighted by molar-refractivity contribution is 0.968. The number of thioether (sulfide) groups is 1. The molecule has 0 atom stereocenters. The lowest BCUT2D eigenvalue weighted by atomic mass is 10.3. The van der Waals surface area contributed by atoms with Gasteiger partial charge in [-0.2, -0.15) is 0 Å². The van der Waals surface area contributed by atoms with Crippen molar-refractivity contribution in [2.24, 2.45) is 0 Å². The molecule has 1 heterocycles. The zero-order valence-electron chi connectivity index (χ0n) is 9.40. The number of benzene rings is 1. The van der Waals surface area contributed by atoms with E-state index in [-0.39, 0.29) is 0 Å². The molecule has 0 aliphatic rings. The predicted molar refractivity (Wildman–Crippen MR) is 74.5 cm³/mol. The Bertz CT molecular complexity index is 486. The van der Waals surface area contributed by atoms with Gasteiger partial charge < -0.3 is 5.32 Å². The summed E-state index contributed by atoms with van der Waals surface area (Å²) in [5, 5.41) is 11.1. The minimum Gasteiger partial charge on any atom is -0.383 e. The van der Waals surface area contributed by atoms with Crippen LogP contribution in [0.5, 0.6) is 0 Å². The molecule has 0 aliphatic carbocycles. The van der Waals surface area contributed by atoms with E-state index >= 15 is 0 Å². The van der Waals surface area contributed by atoms with Crippen molar-refractivity contribution < 1.29 is 0 Å². The average Bonchev–Trinajstić information content (AvgIpc) is 2.73. The van der Waals surface area contributed by atoms with E-state index in [1.54, 1.807) is 11.8 Å². The van der Waals surface area contributed by atoms with Gasteiger partial charge in [0.05, 0.1) is 0 Å². The van der Waals surface area contributed by atoms with Gasteiger partial charge >= 0.3 is 0 Å². The van der Waals surface area contributed by atoms with Gasteiger partial charge in [0.15, 0.2) is 0 Å². The maximum Gasteiger partial charge on any atom is 0.208 e. The van der Waals surface area contributed by atoms with Crippen molar-refractivity contribution in [3.8, 4) is 0 Å². The van der Waals surface area contributed by atoms with Gasteiger partial charge in [-0.05, 0) is 35.0 Å². The number of anilines is 1. The number of aryl methyl sites for hydroxylation is 1. The summed E-state index contributed by atoms with van der Waals surface area (Å²) in [5.74, 6) is 1.78. The van der Waals surface area contributed by atoms with E-state index in [0.717, 1.165) is 33.4 Å². The Kier molecular flexibility index (Phi) is 4.44. The Labute approximate surface area is 113 Å². The molecule has 0 radical (unpaired) electrons. The molecule has 6 heteroatoms. The molecule has 17 heavy (non-hydrogen) atoms. The van der Waals surface area contributed by atoms with Crippen molar-refractivity contribution in [2.75, 3.05) is 17.6 Å². The molecule has 0 unspecified atom stereocenters. The fourth-order valence-corrected chi connectivity index (χ4v) is 2.44. The molecular weight excluding hydrogens is 300 g/mol. The molecule has 0 saturated carbocycles. The monoisotopic (exact) mass is 312 g/mol. The summed E-state index contributed by atoms with van der Waals surface area (Å²) in [5.41, 5.74) is 1.11. The van der Waals surface area contributed by atoms with Crippen molar-refractivity contribution in [2.45, 2.75) is 12.1 Å². The van der Waals surface area contributed by atoms with Crippen LogP contribution < -0.4 is 5.32 Å². The molecule has 2 N–H and O–H groups in total. The first-order chi connectivity index (χ1) is 8.25. The summed E-state index contributed by atoms with van der Waals surface area (Å²) in [6.07, 6.45) is 0. The number of nitrogens with zero attached hydrogens (tertiary/aromatic N) is 2. The average molecular weight is 313 g/mol. The molecule has 0 spiro atoms. The third-order valence-corrected chi connectivity index (χ3v) is 3.64. The Morgan fingerprint density at radius 1 is 1.41 bits per heavy atom. The third kappa shape index (κ3) is 3.74. The lowest BCUT2D eigenvalue weighted by Crippen LogP contribution is -2.04. The van der Waals surface area contributed by atoms with Crippen LogP contribution in [0.1, 0.15) is 5.82 Å². The fraction of sp³-hybridized carbons (Fsp3) is 0.273. The molecule has 1 aromatic heterocycles. The molecule has 1 aromatic carbocycles. The van der Waals surface area contributed by atoms with E-state index < -0.39 is 0 Å². The van der Waals surface area contributed by atoms with E-state index in [9.17, 15) is 0 Å². The van der Waals surface area contributed by atoms with Crippen molar-refractivity contribution in [3.05, 3.63) is 34.6 Å². The standard InChI is InChI=1S/C11H13BrN4S/c1-8-14-11(16-15-8)17-7-6-13-10-5-3-2-4-9(10)12/h2-5,13H,6-7H2,1H3,(H,14,15,16). The Hall–Kier alpha value is -1.01. The van der Waals surface area contributed by atoms with Gasteiger partial charge in [0.25, 0.3) is 0 Å². The highest BCUT2D eigenvalue weighted by Gasteiger charge is 2.00. The van der Waals surface area contributed by atoms with Crippen LogP contribution in [0, 0.1) is 6.92 Å². The predicted octanol–water partition coefficient (Wildman–Crippen LogP) is 3.08. The molecular formula is C11H13BrN4S. The van der Waals surface area contributed by atoms with Crippen LogP contribution in [0.15, 0.2) is 33.9 Å². The van der Waals surface area contributed by atoms with Crippen LogP contribution in [-0.2, 0) is 0 Å². The van der Waals surface area contributed by atoms with Crippen LogP contribution in [-0.4, -0.2) is 27.5 Å². The molecule has 0 amide bonds. The number of aromatic amines is 1. The summed E-state index contributed by atoms with van der Waals surface area (Å²) in [4.78, 5) is 4.23. The van der Waals surface area contributed by atoms with Crippen molar-refractivity contribution >= 4 is 33.4 Å². The summed E-state index contributed by atoms with van der Waals surface area (Å²) in [7, 11) is 0. The normalized spacial score (nSPS) is 10.5. The molecule has 0 saturated heterocycles. The first-order valence-corrected chi connectivity index (χ1v) is 7.04. The van der Waals surface area contributed by atoms with E-state index in [1.165, 1.54) is 0 Å². The van der Waals surface area contributed by atoms with Crippen LogP contribution in [0.25, 0.3) is 0 Å². The smallest absolute Gasteiger partial charge is 0.208 e. The van der Waals surface area contributed by atoms with Gasteiger partial charge in [-0.1, -0.05) is 23.9 Å². The van der Waals surface area contributed by atoms with Crippen molar-refractivity contribution in [1.82, 2.24) is 15.2 Å². The van der Waals surface area contributed by atoms with E-state index in [0.29, 0.717) is 0 Å². The van der Waals surface area contributed by atoms with Gasteiger partial charge in [-0.25, -0.2) is 4.98 Å². The zero-order valence-corrected chi connectivity index (χ0v) is 11.8. The molecule has 0 bridgehead atoms. The second-order valence-corrected chi connectivity index (χ2v) is 5.37. The Morgan fingerprint density at radius 3 is 2.94 bits per heavy atom. The number of hydrogen-bond acceptors (Lipinski definition) is 4. The molecule has 4 nitrogen and oxygen atoms in total. The second kappa shape index (κ2) is 6.07. The fourth-order valence-electron chi connectivity index (χ4n) is 1.32. The summed E-state index contributed by atoms with van der Waals surface area (Å²) >= 11 is 5.13. The van der Waals surface area contributed by atoms with E-state index in [4.69, 9.17) is 0 Å². The summed E-state index contributed by atoms with van der Waals surface area (Å²) in [6, 6.07) is 8.08. The minimum absolute atomic E-state index is 0.802. The van der Waals surface area contributed by atoms with Gasteiger partial charge in [-0.15, -0.1) is 5.10 Å². The van der Waals surface area contributed by atoms with Crippen molar-refractivity contribution in [3.63, 3.8) is 0 Å². The minimum atomic E-state index is 0.802. The van der Waals surface area contributed by atoms with Crippen LogP contribution >= 0.6 is 27.7 Å². The zero-order chi connectivity index (χ0) is 12.1. The quantitative estimate of drug-likeness (QED) is 0.658. The molecule has 0 aliphatic heterocycles. The molecule has 0 fully saturated rings. The number of aromatic nitrogens is 3. The first kappa shape index (κ1) is 12.4. The number of nitrogens with one attached hydrogen (secondary N) is 2. The number of halogens is 1. The van der Waals surface area contributed by atoms with Gasteiger partial charge in [-0.3, -0.25) is 5.10 Å². The van der Waals surface area contributed by atoms with Crippen LogP contribution in [0.2, 0.25) is 0 Å². The molecule has 90 valence electrons. The molecule has 2 aromatic rings. The summed E-state index contributed by atoms with van der Waals surface area (Å²) < 4.78 is 1.08. The Morgan fingerprint density at radius 2 is 2.24 bits per heavy atom. The maximum absolute atomic E-state index is 4.23. The highest BCUT2D eigenvalue weighted by atomic mass is 79.9. The topological polar surface area (TPSA) is 53.6 Å². The highest BCUT2D eigenvalue weighted by Crippen LogP contribution is 2.21. The number of hydrogen-bond donors (Lipinski definition) is 2. The van der Waals surface area contributed by atoms with E-state index in [1.807, 2.05) is 31.2 Å². The number of H-pyrrole nitrogens is 1. The maximum atomic E-state index is 4.23. The van der Waals surface area contributed by atoms with Crippen molar-refractivity contribution in [1.29, 1.82) is 0 Å². The third-order valence-electron chi connectivity index (χ3n) is 2.10. The lowest BCUT2D eigenvalue weighted by Gasteiger charge is -2.06. The van der Waals surface area contributed by atoms with Gasteiger partial charge in [0.1, 0.15) is 5.82 Å². The number of rotatable bonds is 5. The van der Waals surface area contributed by atoms with Crippen LogP contribution in [0.3, 0.4) is 0 Å². The second-order valence-electron chi connectivity index (χ2n) is 3.46. The number of para-hydroxylation sites is 1. The largest absolute Gasteiger partial charge is 0.383 e. The first-order valence-electron chi connectivity index (χ1n) is 5.26. The van der Waals surface area contributed by atoms with E-state index in [2.05, 4.69) is 36.4 Å². The van der Waals surface area contributed by atoms with Crippen LogP contribution in [0.4, 0.5) is 5.69 Å². The van der Waals surface area contributed by atoms with Gasteiger partial charge in [0.2, 0.25) is 5.16 Å². The SMILES string of the molecule is Cc1nc(SCCNc2ccccc2Br)n[nH]1. The summed E-state index contributed by atoms with van der Waals surface area (Å²) in [6.45, 7) is 2.78. The molecule has 2 rings (SSSR count). The Balaban J connectivity index is 1.75.